The highest BCUT2D eigenvalue weighted by molar-refractivity contribution is 5.67. The van der Waals surface area contributed by atoms with E-state index < -0.39 is 0 Å². The molecule has 0 unspecified atom stereocenters. The highest BCUT2D eigenvalue weighted by atomic mass is 16.5. The maximum absolute atomic E-state index is 5.92. The summed E-state index contributed by atoms with van der Waals surface area (Å²) in [6.45, 7) is 2.10. The van der Waals surface area contributed by atoms with Crippen LogP contribution in [-0.4, -0.2) is 22.1 Å². The summed E-state index contributed by atoms with van der Waals surface area (Å²) in [6, 6.07) is 3.74. The van der Waals surface area contributed by atoms with Gasteiger partial charge in [0.25, 0.3) is 0 Å². The molecular weight excluding hydrogens is 228 g/mol. The van der Waals surface area contributed by atoms with Crippen molar-refractivity contribution in [1.82, 2.24) is 15.0 Å². The SMILES string of the molecule is CCCc1c(N)ncnc1-c1ccnc(OC)c1. The van der Waals surface area contributed by atoms with Gasteiger partial charge in [0.1, 0.15) is 12.1 Å². The van der Waals surface area contributed by atoms with E-state index in [-0.39, 0.29) is 0 Å². The maximum Gasteiger partial charge on any atom is 0.213 e. The summed E-state index contributed by atoms with van der Waals surface area (Å²) in [7, 11) is 1.59. The smallest absolute Gasteiger partial charge is 0.213 e. The van der Waals surface area contributed by atoms with E-state index in [0.29, 0.717) is 11.7 Å². The van der Waals surface area contributed by atoms with Gasteiger partial charge in [-0.15, -0.1) is 0 Å². The van der Waals surface area contributed by atoms with Gasteiger partial charge in [-0.25, -0.2) is 15.0 Å². The zero-order valence-corrected chi connectivity index (χ0v) is 10.6. The highest BCUT2D eigenvalue weighted by Crippen LogP contribution is 2.26. The van der Waals surface area contributed by atoms with Gasteiger partial charge in [-0.1, -0.05) is 13.3 Å². The lowest BCUT2D eigenvalue weighted by Crippen LogP contribution is -2.02. The van der Waals surface area contributed by atoms with Crippen LogP contribution in [0.3, 0.4) is 0 Å². The van der Waals surface area contributed by atoms with Gasteiger partial charge in [0, 0.05) is 23.4 Å². The lowest BCUT2D eigenvalue weighted by molar-refractivity contribution is 0.398. The molecule has 94 valence electrons. The minimum absolute atomic E-state index is 0.539. The van der Waals surface area contributed by atoms with Gasteiger partial charge in [0.05, 0.1) is 12.8 Å². The lowest BCUT2D eigenvalue weighted by Gasteiger charge is -2.10. The molecule has 2 aromatic rings. The van der Waals surface area contributed by atoms with Crippen LogP contribution in [0.15, 0.2) is 24.7 Å². The second-order valence-electron chi connectivity index (χ2n) is 3.92. The molecule has 0 saturated carbocycles. The average molecular weight is 244 g/mol. The number of hydrogen-bond acceptors (Lipinski definition) is 5. The quantitative estimate of drug-likeness (QED) is 0.891. The van der Waals surface area contributed by atoms with Crippen molar-refractivity contribution in [3.63, 3.8) is 0 Å². The molecule has 2 rings (SSSR count). The Labute approximate surface area is 106 Å². The zero-order chi connectivity index (χ0) is 13.0. The Hall–Kier alpha value is -2.17. The third-order valence-electron chi connectivity index (χ3n) is 2.70. The second-order valence-corrected chi connectivity index (χ2v) is 3.92. The molecule has 0 aliphatic heterocycles. The van der Waals surface area contributed by atoms with Crippen molar-refractivity contribution in [2.45, 2.75) is 19.8 Å². The number of nitrogens with two attached hydrogens (primary N) is 1. The Morgan fingerprint density at radius 3 is 2.83 bits per heavy atom. The van der Waals surface area contributed by atoms with E-state index in [9.17, 15) is 0 Å². The van der Waals surface area contributed by atoms with Crippen molar-refractivity contribution in [1.29, 1.82) is 0 Å². The summed E-state index contributed by atoms with van der Waals surface area (Å²) < 4.78 is 5.12. The van der Waals surface area contributed by atoms with E-state index in [0.717, 1.165) is 29.7 Å². The van der Waals surface area contributed by atoms with Crippen LogP contribution in [0.5, 0.6) is 5.88 Å². The molecule has 0 aliphatic carbocycles. The molecule has 0 saturated heterocycles. The molecule has 5 heteroatoms. The predicted molar refractivity (Wildman–Crippen MR) is 70.2 cm³/mol. The third kappa shape index (κ3) is 2.40. The third-order valence-corrected chi connectivity index (χ3v) is 2.70. The monoisotopic (exact) mass is 244 g/mol. The van der Waals surface area contributed by atoms with Gasteiger partial charge in [-0.2, -0.15) is 0 Å². The van der Waals surface area contributed by atoms with Crippen molar-refractivity contribution in [2.75, 3.05) is 12.8 Å². The van der Waals surface area contributed by atoms with Crippen molar-refractivity contribution >= 4 is 5.82 Å². The summed E-state index contributed by atoms with van der Waals surface area (Å²) in [6.07, 6.45) is 5.03. The normalized spacial score (nSPS) is 10.3. The van der Waals surface area contributed by atoms with Crippen LogP contribution >= 0.6 is 0 Å². The highest BCUT2D eigenvalue weighted by Gasteiger charge is 2.11. The Morgan fingerprint density at radius 2 is 2.11 bits per heavy atom. The first-order valence-electron chi connectivity index (χ1n) is 5.86. The summed E-state index contributed by atoms with van der Waals surface area (Å²) in [5.41, 5.74) is 8.69. The Balaban J connectivity index is 2.52. The molecule has 5 nitrogen and oxygen atoms in total. The first-order chi connectivity index (χ1) is 8.76. The Morgan fingerprint density at radius 1 is 1.28 bits per heavy atom. The number of nitrogen functional groups attached to an aromatic ring is 1. The van der Waals surface area contributed by atoms with Crippen LogP contribution in [0.2, 0.25) is 0 Å². The molecule has 0 fully saturated rings. The van der Waals surface area contributed by atoms with Crippen molar-refractivity contribution in [2.24, 2.45) is 0 Å². The first kappa shape index (κ1) is 12.3. The topological polar surface area (TPSA) is 73.9 Å². The van der Waals surface area contributed by atoms with Gasteiger partial charge >= 0.3 is 0 Å². The number of ether oxygens (including phenoxy) is 1. The van der Waals surface area contributed by atoms with Gasteiger partial charge < -0.3 is 10.5 Å². The molecule has 0 bridgehead atoms. The van der Waals surface area contributed by atoms with E-state index in [1.165, 1.54) is 6.33 Å². The van der Waals surface area contributed by atoms with Crippen molar-refractivity contribution in [3.8, 4) is 17.1 Å². The number of methoxy groups -OCH3 is 1. The van der Waals surface area contributed by atoms with Gasteiger partial charge in [0.2, 0.25) is 5.88 Å². The zero-order valence-electron chi connectivity index (χ0n) is 10.6. The van der Waals surface area contributed by atoms with E-state index >= 15 is 0 Å². The van der Waals surface area contributed by atoms with Crippen LogP contribution in [0.1, 0.15) is 18.9 Å². The number of nitrogens with zero attached hydrogens (tertiary/aromatic N) is 3. The summed E-state index contributed by atoms with van der Waals surface area (Å²) in [4.78, 5) is 12.5. The minimum atomic E-state index is 0.539. The van der Waals surface area contributed by atoms with E-state index in [1.54, 1.807) is 13.3 Å². The Bertz CT molecular complexity index is 542. The summed E-state index contributed by atoms with van der Waals surface area (Å²) in [5, 5.41) is 0. The molecule has 0 aromatic carbocycles. The van der Waals surface area contributed by atoms with E-state index in [2.05, 4.69) is 21.9 Å². The second kappa shape index (κ2) is 5.44. The largest absolute Gasteiger partial charge is 0.481 e. The molecule has 0 aliphatic rings. The average Bonchev–Trinajstić information content (AvgIpc) is 2.41. The summed E-state index contributed by atoms with van der Waals surface area (Å²) in [5.74, 6) is 1.10. The van der Waals surface area contributed by atoms with Crippen LogP contribution in [0.25, 0.3) is 11.3 Å². The van der Waals surface area contributed by atoms with Gasteiger partial charge in [-0.05, 0) is 12.5 Å². The van der Waals surface area contributed by atoms with Crippen molar-refractivity contribution in [3.05, 3.63) is 30.2 Å². The van der Waals surface area contributed by atoms with Crippen molar-refractivity contribution < 1.29 is 4.74 Å². The molecule has 18 heavy (non-hydrogen) atoms. The number of aromatic nitrogens is 3. The molecule has 0 radical (unpaired) electrons. The lowest BCUT2D eigenvalue weighted by atomic mass is 10.0. The summed E-state index contributed by atoms with van der Waals surface area (Å²) >= 11 is 0. The predicted octanol–water partition coefficient (Wildman–Crippen LogP) is 2.08. The molecular formula is C13H16N4O. The number of hydrogen-bond donors (Lipinski definition) is 1. The fourth-order valence-corrected chi connectivity index (χ4v) is 1.84. The first-order valence-corrected chi connectivity index (χ1v) is 5.86. The molecule has 2 aromatic heterocycles. The molecule has 2 N–H and O–H groups in total. The van der Waals surface area contributed by atoms with Crippen LogP contribution < -0.4 is 10.5 Å². The standard InChI is InChI=1S/C13H16N4O/c1-3-4-10-12(16-8-17-13(10)14)9-5-6-15-11(7-9)18-2/h5-8H,3-4H2,1-2H3,(H2,14,16,17). The molecule has 2 heterocycles. The fraction of sp³-hybridized carbons (Fsp3) is 0.308. The number of pyridine rings is 1. The molecule has 0 amide bonds. The van der Waals surface area contributed by atoms with Crippen LogP contribution in [0, 0.1) is 0 Å². The van der Waals surface area contributed by atoms with Gasteiger partial charge in [0.15, 0.2) is 0 Å². The fourth-order valence-electron chi connectivity index (χ4n) is 1.84. The number of rotatable bonds is 4. The van der Waals surface area contributed by atoms with Crippen LogP contribution in [0.4, 0.5) is 5.82 Å². The van der Waals surface area contributed by atoms with Crippen LogP contribution in [-0.2, 0) is 6.42 Å². The minimum Gasteiger partial charge on any atom is -0.481 e. The maximum atomic E-state index is 5.92. The molecule has 0 atom stereocenters. The van der Waals surface area contributed by atoms with Gasteiger partial charge in [-0.3, -0.25) is 0 Å². The number of anilines is 1. The molecule has 0 spiro atoms. The Kier molecular flexibility index (Phi) is 3.72. The van der Waals surface area contributed by atoms with E-state index in [4.69, 9.17) is 10.5 Å². The van der Waals surface area contributed by atoms with E-state index in [1.807, 2.05) is 12.1 Å².